The first-order valence-corrected chi connectivity index (χ1v) is 9.95. The van der Waals surface area contributed by atoms with Crippen LogP contribution in [0.25, 0.3) is 22.8 Å². The lowest BCUT2D eigenvalue weighted by Gasteiger charge is -2.20. The van der Waals surface area contributed by atoms with Gasteiger partial charge >= 0.3 is 11.9 Å². The van der Waals surface area contributed by atoms with Crippen molar-refractivity contribution in [2.45, 2.75) is 38.9 Å². The highest BCUT2D eigenvalue weighted by Crippen LogP contribution is 2.31. The number of carbonyl (C=O) groups excluding carboxylic acids is 1. The van der Waals surface area contributed by atoms with E-state index in [-0.39, 0.29) is 40.1 Å². The van der Waals surface area contributed by atoms with Crippen molar-refractivity contribution in [1.82, 2.24) is 20.3 Å². The van der Waals surface area contributed by atoms with E-state index in [0.29, 0.717) is 11.1 Å². The molecule has 168 valence electrons. The molecule has 0 aliphatic heterocycles. The number of aromatic amines is 1. The summed E-state index contributed by atoms with van der Waals surface area (Å²) in [6, 6.07) is 9.05. The van der Waals surface area contributed by atoms with Crippen molar-refractivity contribution < 1.29 is 18.0 Å². The van der Waals surface area contributed by atoms with Gasteiger partial charge in [0.15, 0.2) is 5.82 Å². The zero-order valence-electron chi connectivity index (χ0n) is 17.5. The Morgan fingerprint density at radius 2 is 1.72 bits per heavy atom. The second-order valence-electron chi connectivity index (χ2n) is 8.19. The number of halogens is 4. The number of nitrogens with zero attached hydrogens (tertiary/aromatic N) is 2. The summed E-state index contributed by atoms with van der Waals surface area (Å²) in [5.41, 5.74) is -0.711. The fraction of sp³-hybridized carbons (Fsp3) is 0.273. The minimum absolute atomic E-state index is 0.0515. The lowest BCUT2D eigenvalue weighted by molar-refractivity contribution is -0.137. The first-order chi connectivity index (χ1) is 14.8. The van der Waals surface area contributed by atoms with E-state index in [1.54, 1.807) is 18.2 Å². The smallest absolute Gasteiger partial charge is 0.351 e. The normalized spacial score (nSPS) is 12.0. The molecule has 3 aromatic rings. The van der Waals surface area contributed by atoms with E-state index >= 15 is 0 Å². The third-order valence-corrected chi connectivity index (χ3v) is 4.62. The van der Waals surface area contributed by atoms with Gasteiger partial charge in [0.05, 0.1) is 17.0 Å². The molecule has 0 radical (unpaired) electrons. The summed E-state index contributed by atoms with van der Waals surface area (Å²) in [4.78, 5) is 34.9. The van der Waals surface area contributed by atoms with Crippen molar-refractivity contribution >= 4 is 17.5 Å². The largest absolute Gasteiger partial charge is 0.416 e. The molecule has 1 amide bonds. The number of nitrogens with one attached hydrogen (secondary N) is 2. The van der Waals surface area contributed by atoms with Gasteiger partial charge in [-0.1, -0.05) is 29.8 Å². The van der Waals surface area contributed by atoms with E-state index in [1.165, 1.54) is 12.1 Å². The molecule has 2 aromatic carbocycles. The van der Waals surface area contributed by atoms with Gasteiger partial charge < -0.3 is 5.32 Å². The van der Waals surface area contributed by atoms with Gasteiger partial charge in [0.2, 0.25) is 5.91 Å². The topological polar surface area (TPSA) is 87.7 Å². The standard InChI is InChI=1S/C22H20ClF3N4O2/c1-21(2,3)30-17(31)11-12-4-9-16(23)15(10-12)19-27-18(28-20(32)29-19)13-5-7-14(8-6-13)22(24,25)26/h4-10H,11H2,1-3H3,(H,30,31)(H,27,28,29,32). The predicted octanol–water partition coefficient (Wildman–Crippen LogP) is 4.63. The first kappa shape index (κ1) is 23.5. The predicted molar refractivity (Wildman–Crippen MR) is 115 cm³/mol. The molecule has 0 saturated heterocycles. The van der Waals surface area contributed by atoms with Gasteiger partial charge in [-0.05, 0) is 50.6 Å². The molecule has 0 saturated carbocycles. The maximum absolute atomic E-state index is 12.8. The fourth-order valence-corrected chi connectivity index (χ4v) is 3.17. The summed E-state index contributed by atoms with van der Waals surface area (Å²) >= 11 is 6.29. The van der Waals surface area contributed by atoms with E-state index in [0.717, 1.165) is 12.1 Å². The second kappa shape index (κ2) is 8.74. The Balaban J connectivity index is 1.96. The molecular weight excluding hydrogens is 445 g/mol. The summed E-state index contributed by atoms with van der Waals surface area (Å²) < 4.78 is 38.4. The molecule has 0 aliphatic rings. The Morgan fingerprint density at radius 3 is 2.31 bits per heavy atom. The number of rotatable bonds is 4. The van der Waals surface area contributed by atoms with Crippen molar-refractivity contribution in [1.29, 1.82) is 0 Å². The average molecular weight is 465 g/mol. The summed E-state index contributed by atoms with van der Waals surface area (Å²) in [7, 11) is 0. The highest BCUT2D eigenvalue weighted by Gasteiger charge is 2.30. The van der Waals surface area contributed by atoms with E-state index in [2.05, 4.69) is 20.3 Å². The third-order valence-electron chi connectivity index (χ3n) is 4.29. The van der Waals surface area contributed by atoms with Gasteiger partial charge in [-0.15, -0.1) is 0 Å². The zero-order valence-corrected chi connectivity index (χ0v) is 18.2. The van der Waals surface area contributed by atoms with E-state index in [4.69, 9.17) is 11.6 Å². The van der Waals surface area contributed by atoms with Crippen LogP contribution >= 0.6 is 11.6 Å². The minimum Gasteiger partial charge on any atom is -0.351 e. The van der Waals surface area contributed by atoms with Crippen LogP contribution in [0.1, 0.15) is 31.9 Å². The summed E-state index contributed by atoms with van der Waals surface area (Å²) in [5.74, 6) is -0.153. The van der Waals surface area contributed by atoms with Gasteiger partial charge in [-0.25, -0.2) is 9.78 Å². The number of benzene rings is 2. The lowest BCUT2D eigenvalue weighted by atomic mass is 10.0. The first-order valence-electron chi connectivity index (χ1n) is 9.58. The zero-order chi connectivity index (χ0) is 23.7. The Morgan fingerprint density at radius 1 is 1.06 bits per heavy atom. The monoisotopic (exact) mass is 464 g/mol. The summed E-state index contributed by atoms with van der Waals surface area (Å²) in [6.07, 6.45) is -4.39. The Kier molecular flexibility index (Phi) is 6.41. The number of alkyl halides is 3. The number of aromatic nitrogens is 3. The average Bonchev–Trinajstić information content (AvgIpc) is 2.67. The minimum atomic E-state index is -4.48. The van der Waals surface area contributed by atoms with Crippen LogP contribution in [0.3, 0.4) is 0 Å². The third kappa shape index (κ3) is 5.94. The van der Waals surface area contributed by atoms with Crippen LogP contribution in [0.15, 0.2) is 47.3 Å². The molecule has 3 rings (SSSR count). The maximum Gasteiger partial charge on any atom is 0.416 e. The lowest BCUT2D eigenvalue weighted by Crippen LogP contribution is -2.41. The van der Waals surface area contributed by atoms with Gasteiger partial charge in [0.1, 0.15) is 5.82 Å². The van der Waals surface area contributed by atoms with E-state index < -0.39 is 17.4 Å². The Hall–Kier alpha value is -3.20. The van der Waals surface area contributed by atoms with Crippen LogP contribution < -0.4 is 11.0 Å². The van der Waals surface area contributed by atoms with Crippen LogP contribution in [0.5, 0.6) is 0 Å². The molecule has 6 nitrogen and oxygen atoms in total. The van der Waals surface area contributed by atoms with Gasteiger partial charge in [-0.2, -0.15) is 18.2 Å². The van der Waals surface area contributed by atoms with E-state index in [1.807, 2.05) is 20.8 Å². The van der Waals surface area contributed by atoms with Gasteiger partial charge in [-0.3, -0.25) is 9.78 Å². The van der Waals surface area contributed by atoms with Crippen molar-refractivity contribution in [3.05, 3.63) is 69.1 Å². The van der Waals surface area contributed by atoms with Crippen LogP contribution in [0.4, 0.5) is 13.2 Å². The number of amides is 1. The SMILES string of the molecule is CC(C)(C)NC(=O)Cc1ccc(Cl)c(-c2nc(-c3ccc(C(F)(F)F)cc3)nc(=O)[nH]2)c1. The molecule has 0 fully saturated rings. The summed E-state index contributed by atoms with van der Waals surface area (Å²) in [5, 5.41) is 3.14. The number of H-pyrrole nitrogens is 1. The van der Waals surface area contributed by atoms with Crippen LogP contribution in [-0.4, -0.2) is 26.4 Å². The maximum atomic E-state index is 12.8. The van der Waals surface area contributed by atoms with Crippen LogP contribution in [-0.2, 0) is 17.4 Å². The van der Waals surface area contributed by atoms with Gasteiger partial charge in [0, 0.05) is 16.7 Å². The van der Waals surface area contributed by atoms with Crippen molar-refractivity contribution in [3.63, 3.8) is 0 Å². The van der Waals surface area contributed by atoms with Crippen molar-refractivity contribution in [2.75, 3.05) is 0 Å². The molecule has 0 unspecified atom stereocenters. The molecule has 1 heterocycles. The van der Waals surface area contributed by atoms with Crippen molar-refractivity contribution in [2.24, 2.45) is 0 Å². The molecule has 10 heteroatoms. The summed E-state index contributed by atoms with van der Waals surface area (Å²) in [6.45, 7) is 5.60. The molecule has 32 heavy (non-hydrogen) atoms. The number of hydrogen-bond acceptors (Lipinski definition) is 4. The molecule has 0 spiro atoms. The van der Waals surface area contributed by atoms with Gasteiger partial charge in [0.25, 0.3) is 0 Å². The molecule has 1 aromatic heterocycles. The van der Waals surface area contributed by atoms with Crippen molar-refractivity contribution in [3.8, 4) is 22.8 Å². The highest BCUT2D eigenvalue weighted by molar-refractivity contribution is 6.33. The van der Waals surface area contributed by atoms with Crippen LogP contribution in [0, 0.1) is 0 Å². The fourth-order valence-electron chi connectivity index (χ4n) is 2.96. The Bertz CT molecular complexity index is 1200. The second-order valence-corrected chi connectivity index (χ2v) is 8.60. The van der Waals surface area contributed by atoms with Crippen LogP contribution in [0.2, 0.25) is 5.02 Å². The number of carbonyl (C=O) groups is 1. The van der Waals surface area contributed by atoms with E-state index in [9.17, 15) is 22.8 Å². The highest BCUT2D eigenvalue weighted by atomic mass is 35.5. The molecule has 2 N–H and O–H groups in total. The quantitative estimate of drug-likeness (QED) is 0.589. The molecule has 0 aliphatic carbocycles. The molecular formula is C22H20ClF3N4O2. The number of hydrogen-bond donors (Lipinski definition) is 2. The molecule has 0 bridgehead atoms. The molecule has 0 atom stereocenters. The Labute approximate surface area is 186 Å².